The minimum atomic E-state index is 0.393. The van der Waals surface area contributed by atoms with Crippen molar-refractivity contribution in [1.29, 1.82) is 0 Å². The predicted octanol–water partition coefficient (Wildman–Crippen LogP) is 2.71. The number of ether oxygens (including phenoxy) is 1. The molecule has 2 saturated heterocycles. The summed E-state index contributed by atoms with van der Waals surface area (Å²) in [6.07, 6.45) is 1.37. The van der Waals surface area contributed by atoms with Crippen LogP contribution in [0.25, 0.3) is 0 Å². The van der Waals surface area contributed by atoms with Crippen LogP contribution in [0.5, 0.6) is 0 Å². The molecule has 0 spiro atoms. The van der Waals surface area contributed by atoms with Gasteiger partial charge in [-0.1, -0.05) is 34.6 Å². The molecular weight excluding hydrogens is 248 g/mol. The third kappa shape index (κ3) is 5.34. The highest BCUT2D eigenvalue weighted by molar-refractivity contribution is 4.87. The van der Waals surface area contributed by atoms with E-state index in [0.717, 1.165) is 32.2 Å². The van der Waals surface area contributed by atoms with Crippen LogP contribution in [-0.2, 0) is 4.74 Å². The normalized spacial score (nSPS) is 23.9. The Labute approximate surface area is 125 Å². The monoisotopic (exact) mass is 282 g/mol. The number of hydrogen-bond acceptors (Lipinski definition) is 3. The van der Waals surface area contributed by atoms with E-state index in [4.69, 9.17) is 4.74 Å². The molecule has 20 heavy (non-hydrogen) atoms. The van der Waals surface area contributed by atoms with Crippen LogP contribution in [0.1, 0.15) is 41.0 Å². The molecule has 2 heterocycles. The van der Waals surface area contributed by atoms with E-state index in [1.54, 1.807) is 0 Å². The van der Waals surface area contributed by atoms with Gasteiger partial charge in [0.15, 0.2) is 0 Å². The van der Waals surface area contributed by atoms with Crippen molar-refractivity contribution in [2.24, 2.45) is 16.7 Å². The van der Waals surface area contributed by atoms with Crippen molar-refractivity contribution in [3.05, 3.63) is 0 Å². The van der Waals surface area contributed by atoms with Crippen molar-refractivity contribution in [2.75, 3.05) is 52.5 Å². The van der Waals surface area contributed by atoms with Gasteiger partial charge in [0.1, 0.15) is 0 Å². The summed E-state index contributed by atoms with van der Waals surface area (Å²) in [4.78, 5) is 5.22. The molecule has 0 radical (unpaired) electrons. The average molecular weight is 282 g/mol. The fourth-order valence-corrected chi connectivity index (χ4v) is 3.82. The molecule has 0 N–H and O–H groups in total. The van der Waals surface area contributed by atoms with Gasteiger partial charge in [0.2, 0.25) is 0 Å². The Hall–Kier alpha value is -0.120. The second kappa shape index (κ2) is 6.33. The number of rotatable bonds is 5. The molecule has 0 aromatic heterocycles. The van der Waals surface area contributed by atoms with E-state index in [1.165, 1.54) is 32.6 Å². The average Bonchev–Trinajstić information content (AvgIpc) is 2.24. The first-order valence-corrected chi connectivity index (χ1v) is 8.26. The van der Waals surface area contributed by atoms with Gasteiger partial charge in [0, 0.05) is 39.3 Å². The van der Waals surface area contributed by atoms with Crippen molar-refractivity contribution in [3.63, 3.8) is 0 Å². The zero-order valence-corrected chi connectivity index (χ0v) is 14.2. The lowest BCUT2D eigenvalue weighted by molar-refractivity contribution is -0.00342. The first kappa shape index (κ1) is 16.3. The van der Waals surface area contributed by atoms with Gasteiger partial charge in [-0.15, -0.1) is 0 Å². The lowest BCUT2D eigenvalue weighted by Gasteiger charge is -2.46. The zero-order chi connectivity index (χ0) is 14.8. The summed E-state index contributed by atoms with van der Waals surface area (Å²) in [6, 6.07) is 0. The van der Waals surface area contributed by atoms with Gasteiger partial charge in [-0.3, -0.25) is 4.90 Å². The smallest absolute Gasteiger partial charge is 0.0594 e. The summed E-state index contributed by atoms with van der Waals surface area (Å²) in [6.45, 7) is 21.0. The third-order valence-corrected chi connectivity index (χ3v) is 4.34. The van der Waals surface area contributed by atoms with E-state index in [0.29, 0.717) is 10.8 Å². The molecular formula is C17H34N2O. The Bertz CT molecular complexity index is 297. The summed E-state index contributed by atoms with van der Waals surface area (Å²) >= 11 is 0. The number of nitrogens with zero attached hydrogens (tertiary/aromatic N) is 2. The Morgan fingerprint density at radius 3 is 2.00 bits per heavy atom. The lowest BCUT2D eigenvalue weighted by atomic mass is 9.80. The molecule has 0 bridgehead atoms. The summed E-state index contributed by atoms with van der Waals surface area (Å²) in [5.74, 6) is 0.925. The molecule has 0 unspecified atom stereocenters. The maximum atomic E-state index is 5.44. The van der Waals surface area contributed by atoms with Gasteiger partial charge in [0.05, 0.1) is 13.2 Å². The highest BCUT2D eigenvalue weighted by Gasteiger charge is 2.34. The molecule has 0 amide bonds. The minimum Gasteiger partial charge on any atom is -0.379 e. The number of likely N-dealkylation sites (tertiary alicyclic amines) is 1. The summed E-state index contributed by atoms with van der Waals surface area (Å²) in [5.41, 5.74) is 0.879. The fourth-order valence-electron chi connectivity index (χ4n) is 3.82. The lowest BCUT2D eigenvalue weighted by Crippen LogP contribution is -2.53. The van der Waals surface area contributed by atoms with Crippen LogP contribution in [0.2, 0.25) is 0 Å². The number of morpholine rings is 1. The minimum absolute atomic E-state index is 0.393. The van der Waals surface area contributed by atoms with Crippen LogP contribution >= 0.6 is 0 Å². The van der Waals surface area contributed by atoms with Crippen LogP contribution < -0.4 is 0 Å². The summed E-state index contributed by atoms with van der Waals surface area (Å²) in [7, 11) is 0. The predicted molar refractivity (Wildman–Crippen MR) is 85.0 cm³/mol. The van der Waals surface area contributed by atoms with Crippen molar-refractivity contribution >= 4 is 0 Å². The molecule has 2 rings (SSSR count). The molecule has 0 aliphatic carbocycles. The van der Waals surface area contributed by atoms with E-state index in [-0.39, 0.29) is 0 Å². The van der Waals surface area contributed by atoms with Gasteiger partial charge in [0.25, 0.3) is 0 Å². The molecule has 118 valence electrons. The standard InChI is InChI=1S/C17H34N2O/c1-16(2,3)10-15-11-19(12-15)14-17(4,5)13-18-6-8-20-9-7-18/h15H,6-14H2,1-5H3. The van der Waals surface area contributed by atoms with E-state index < -0.39 is 0 Å². The quantitative estimate of drug-likeness (QED) is 0.771. The first-order chi connectivity index (χ1) is 9.23. The first-order valence-electron chi connectivity index (χ1n) is 8.26. The largest absolute Gasteiger partial charge is 0.379 e. The number of hydrogen-bond donors (Lipinski definition) is 0. The highest BCUT2D eigenvalue weighted by atomic mass is 16.5. The molecule has 3 nitrogen and oxygen atoms in total. The topological polar surface area (TPSA) is 15.7 Å². The van der Waals surface area contributed by atoms with Gasteiger partial charge in [-0.2, -0.15) is 0 Å². The van der Waals surface area contributed by atoms with Crippen LogP contribution in [0.4, 0.5) is 0 Å². The van der Waals surface area contributed by atoms with E-state index >= 15 is 0 Å². The molecule has 0 aromatic carbocycles. The second-order valence-electron chi connectivity index (χ2n) is 8.88. The molecule has 2 aliphatic heterocycles. The second-order valence-corrected chi connectivity index (χ2v) is 8.88. The summed E-state index contributed by atoms with van der Waals surface area (Å²) < 4.78 is 5.44. The molecule has 2 aliphatic rings. The zero-order valence-electron chi connectivity index (χ0n) is 14.2. The maximum Gasteiger partial charge on any atom is 0.0594 e. The van der Waals surface area contributed by atoms with Crippen LogP contribution in [0, 0.1) is 16.7 Å². The van der Waals surface area contributed by atoms with Crippen molar-refractivity contribution in [1.82, 2.24) is 9.80 Å². The highest BCUT2D eigenvalue weighted by Crippen LogP contribution is 2.32. The van der Waals surface area contributed by atoms with Gasteiger partial charge >= 0.3 is 0 Å². The van der Waals surface area contributed by atoms with Crippen LogP contribution in [-0.4, -0.2) is 62.3 Å². The van der Waals surface area contributed by atoms with Crippen molar-refractivity contribution in [3.8, 4) is 0 Å². The molecule has 0 saturated carbocycles. The Balaban J connectivity index is 1.68. The van der Waals surface area contributed by atoms with Crippen molar-refractivity contribution in [2.45, 2.75) is 41.0 Å². The maximum absolute atomic E-state index is 5.44. The van der Waals surface area contributed by atoms with Crippen LogP contribution in [0.3, 0.4) is 0 Å². The van der Waals surface area contributed by atoms with Gasteiger partial charge in [-0.05, 0) is 23.2 Å². The SMILES string of the molecule is CC(C)(C)CC1CN(CC(C)(C)CN2CCOCC2)C1. The molecule has 2 fully saturated rings. The van der Waals surface area contributed by atoms with E-state index in [1.807, 2.05) is 0 Å². The summed E-state index contributed by atoms with van der Waals surface area (Å²) in [5, 5.41) is 0. The molecule has 0 aromatic rings. The Kier molecular flexibility index (Phi) is 5.14. The van der Waals surface area contributed by atoms with Crippen molar-refractivity contribution < 1.29 is 4.74 Å². The third-order valence-electron chi connectivity index (χ3n) is 4.34. The van der Waals surface area contributed by atoms with E-state index in [9.17, 15) is 0 Å². The molecule has 3 heteroatoms. The Morgan fingerprint density at radius 2 is 1.45 bits per heavy atom. The van der Waals surface area contributed by atoms with E-state index in [2.05, 4.69) is 44.4 Å². The fraction of sp³-hybridized carbons (Fsp3) is 1.00. The van der Waals surface area contributed by atoms with Crippen LogP contribution in [0.15, 0.2) is 0 Å². The van der Waals surface area contributed by atoms with Gasteiger partial charge in [-0.25, -0.2) is 0 Å². The molecule has 0 atom stereocenters. The Morgan fingerprint density at radius 1 is 0.900 bits per heavy atom. The van der Waals surface area contributed by atoms with Gasteiger partial charge < -0.3 is 9.64 Å².